The van der Waals surface area contributed by atoms with E-state index in [1.165, 1.54) is 55.6 Å². The number of carboxylic acid groups (broad SMARTS) is 1. The quantitative estimate of drug-likeness (QED) is 0.0975. The minimum atomic E-state index is -1.02. The summed E-state index contributed by atoms with van der Waals surface area (Å²) in [6.45, 7) is 3.72. The van der Waals surface area contributed by atoms with Crippen LogP contribution in [0.1, 0.15) is 113 Å². The Morgan fingerprint density at radius 2 is 1.46 bits per heavy atom. The number of thiazole rings is 6. The number of nitrogens with two attached hydrogens (primary N) is 1. The molecule has 7 amide bonds. The van der Waals surface area contributed by atoms with E-state index in [1.54, 1.807) is 47.5 Å². The number of hydrogen-bond donors (Lipinski definition) is 7. The minimum absolute atomic E-state index is 0.0173. The third-order valence-corrected chi connectivity index (χ3v) is 18.3. The number of carbonyl (C=O) groups excluding carboxylic acids is 6. The Bertz CT molecular complexity index is 3350. The SMILES string of the molecule is Cc1sc2nc1C(=O)NCc1nc(cs1)C(=O)NC(=O)N1C[C@H](O)[C@H](C)[C@H]1c1nc(cs1)-c1nc(cs1)-c1nc(-c3nc(C(=O)NC[C@H]4CC[C@H](C(=O)O)CC4)cs3)ccc1-c1nc(cs1)C(=O)N[C@H]2CC(N)=O. The number of aromatic nitrogens is 7. The van der Waals surface area contributed by atoms with Gasteiger partial charge in [-0.1, -0.05) is 6.92 Å². The van der Waals surface area contributed by atoms with E-state index in [4.69, 9.17) is 25.7 Å². The number of aryl methyl sites for hydroxylation is 1. The lowest BCUT2D eigenvalue weighted by molar-refractivity contribution is -0.143. The standard InChI is InChI=1S/C46H43N13O9S6/c1-18-30(60)12-59-35(18)44-56-29(17-73-44)42-53-25(13-71-42)34-22(7-8-23(51-34)41-55-26(15-72-41)36(62)48-10-20-3-5-21(6-4-20)45(66)67)40-54-28(16-70-40)37(63)52-24(9-31(47)61)43-57-33(19(2)74-43)39(65)49-11-32-50-27(14-69-32)38(64)58-46(59)68/h7-8,13-18,20-21,24,30,35,60H,3-6,9-12H2,1-2H3,(H2,47,61)(H,48,62)(H,49,65)(H,52,63)(H,66,67)(H,58,64,68)/t18-,20-,21-,24-,30-,35-/m0/s1. The van der Waals surface area contributed by atoms with Gasteiger partial charge in [0.05, 0.1) is 42.8 Å². The number of carboxylic acids is 1. The monoisotopic (exact) mass is 1110 g/mol. The normalized spacial score (nSPS) is 21.4. The maximum absolute atomic E-state index is 14.0. The number of amides is 7. The Hall–Kier alpha value is -6.82. The van der Waals surface area contributed by atoms with Crippen molar-refractivity contribution >= 4 is 110 Å². The average molecular weight is 1110 g/mol. The number of aliphatic carboxylic acids is 1. The number of fused-ring (bicyclic) bond motifs is 16. The molecule has 22 nitrogen and oxygen atoms in total. The average Bonchev–Trinajstić information content (AvgIpc) is 4.24. The molecule has 28 heteroatoms. The summed E-state index contributed by atoms with van der Waals surface area (Å²) in [6.07, 6.45) is 1.29. The van der Waals surface area contributed by atoms with Gasteiger partial charge in [0.15, 0.2) is 0 Å². The summed E-state index contributed by atoms with van der Waals surface area (Å²) in [6, 6.07) is 1.04. The molecule has 2 fully saturated rings. The van der Waals surface area contributed by atoms with E-state index in [-0.39, 0.29) is 65.0 Å². The van der Waals surface area contributed by atoms with Crippen LogP contribution in [0.5, 0.6) is 0 Å². The number of imide groups is 1. The molecular formula is C46H43N13O9S6. The lowest BCUT2D eigenvalue weighted by Gasteiger charge is -2.26. The van der Waals surface area contributed by atoms with E-state index in [0.717, 1.165) is 22.7 Å². The van der Waals surface area contributed by atoms with Crippen LogP contribution in [0.15, 0.2) is 39.0 Å². The van der Waals surface area contributed by atoms with E-state index in [9.17, 15) is 43.8 Å². The van der Waals surface area contributed by atoms with Gasteiger partial charge >= 0.3 is 12.0 Å². The molecule has 4 atom stereocenters. The van der Waals surface area contributed by atoms with Crippen molar-refractivity contribution in [3.05, 3.63) is 81.7 Å². The summed E-state index contributed by atoms with van der Waals surface area (Å²) in [5.41, 5.74) is 8.06. The fourth-order valence-electron chi connectivity index (χ4n) is 8.83. The number of nitrogens with one attached hydrogen (secondary N) is 4. The number of carbonyl (C=O) groups is 7. The highest BCUT2D eigenvalue weighted by Crippen LogP contribution is 2.42. The highest BCUT2D eigenvalue weighted by atomic mass is 32.1. The van der Waals surface area contributed by atoms with Crippen molar-refractivity contribution < 1.29 is 43.8 Å². The molecule has 8 N–H and O–H groups in total. The van der Waals surface area contributed by atoms with Gasteiger partial charge in [-0.15, -0.1) is 68.0 Å². The summed E-state index contributed by atoms with van der Waals surface area (Å²) < 4.78 is 0. The first-order chi connectivity index (χ1) is 35.6. The highest BCUT2D eigenvalue weighted by molar-refractivity contribution is 7.15. The fraction of sp³-hybridized carbons (Fsp3) is 0.348. The van der Waals surface area contributed by atoms with Crippen LogP contribution in [0.3, 0.4) is 0 Å². The first-order valence-corrected chi connectivity index (χ1v) is 28.2. The second kappa shape index (κ2) is 21.2. The van der Waals surface area contributed by atoms with Crippen LogP contribution < -0.4 is 27.0 Å². The third kappa shape index (κ3) is 10.6. The van der Waals surface area contributed by atoms with Crippen LogP contribution >= 0.6 is 68.0 Å². The minimum Gasteiger partial charge on any atom is -0.481 e. The predicted molar refractivity (Wildman–Crippen MR) is 276 cm³/mol. The van der Waals surface area contributed by atoms with Gasteiger partial charge in [0, 0.05) is 56.3 Å². The first-order valence-electron chi connectivity index (χ1n) is 23.0. The molecule has 0 spiro atoms. The zero-order valence-electron chi connectivity index (χ0n) is 39.0. The molecule has 0 unspecified atom stereocenters. The Labute approximate surface area is 444 Å². The molecule has 0 aromatic carbocycles. The van der Waals surface area contributed by atoms with Crippen LogP contribution in [-0.2, 0) is 16.1 Å². The summed E-state index contributed by atoms with van der Waals surface area (Å²) in [7, 11) is 0. The summed E-state index contributed by atoms with van der Waals surface area (Å²) in [5.74, 6) is -4.52. The molecule has 10 rings (SSSR count). The van der Waals surface area contributed by atoms with Gasteiger partial charge in [0.1, 0.15) is 69.9 Å². The van der Waals surface area contributed by atoms with Crippen molar-refractivity contribution in [1.82, 2.24) is 61.1 Å². The summed E-state index contributed by atoms with van der Waals surface area (Å²) >= 11 is 7.14. The van der Waals surface area contributed by atoms with E-state index in [2.05, 4.69) is 36.2 Å². The zero-order chi connectivity index (χ0) is 51.9. The zero-order valence-corrected chi connectivity index (χ0v) is 43.9. The van der Waals surface area contributed by atoms with Gasteiger partial charge in [-0.05, 0) is 50.7 Å². The van der Waals surface area contributed by atoms with Crippen molar-refractivity contribution in [2.75, 3.05) is 13.1 Å². The number of hydrogen-bond acceptors (Lipinski definition) is 21. The van der Waals surface area contributed by atoms with E-state index in [0.29, 0.717) is 90.5 Å². The third-order valence-electron chi connectivity index (χ3n) is 12.8. The molecule has 1 saturated heterocycles. The fourth-order valence-corrected chi connectivity index (χ4v) is 14.0. The molecule has 7 aromatic heterocycles. The van der Waals surface area contributed by atoms with Crippen LogP contribution in [0.25, 0.3) is 43.4 Å². The van der Waals surface area contributed by atoms with Crippen molar-refractivity contribution in [1.29, 1.82) is 0 Å². The van der Waals surface area contributed by atoms with Crippen molar-refractivity contribution in [2.24, 2.45) is 23.5 Å². The number of aliphatic hydroxyl groups is 1. The van der Waals surface area contributed by atoms with Crippen LogP contribution in [0, 0.1) is 24.7 Å². The molecule has 7 aromatic rings. The second-order valence-corrected chi connectivity index (χ2v) is 23.4. The van der Waals surface area contributed by atoms with Gasteiger partial charge in [-0.25, -0.2) is 39.7 Å². The van der Waals surface area contributed by atoms with Crippen molar-refractivity contribution in [3.8, 4) is 43.4 Å². The molecule has 1 aliphatic carbocycles. The van der Waals surface area contributed by atoms with Gasteiger partial charge in [-0.2, -0.15) is 0 Å². The van der Waals surface area contributed by atoms with E-state index >= 15 is 0 Å². The molecule has 74 heavy (non-hydrogen) atoms. The Morgan fingerprint density at radius 3 is 2.24 bits per heavy atom. The van der Waals surface area contributed by atoms with Gasteiger partial charge in [-0.3, -0.25) is 34.1 Å². The van der Waals surface area contributed by atoms with Crippen molar-refractivity contribution in [3.63, 3.8) is 0 Å². The maximum Gasteiger partial charge on any atom is 0.325 e. The number of aliphatic hydroxyl groups excluding tert-OH is 1. The van der Waals surface area contributed by atoms with Gasteiger partial charge < -0.3 is 36.8 Å². The van der Waals surface area contributed by atoms with Crippen molar-refractivity contribution in [2.45, 2.75) is 70.7 Å². The first kappa shape index (κ1) is 50.7. The van der Waals surface area contributed by atoms with Gasteiger partial charge in [0.25, 0.3) is 23.6 Å². The summed E-state index contributed by atoms with van der Waals surface area (Å²) in [5, 5.41) is 42.0. The lowest BCUT2D eigenvalue weighted by Crippen LogP contribution is -2.43. The Morgan fingerprint density at radius 1 is 0.757 bits per heavy atom. The van der Waals surface area contributed by atoms with Crippen LogP contribution in [0.4, 0.5) is 4.79 Å². The predicted octanol–water partition coefficient (Wildman–Crippen LogP) is 5.91. The topological polar surface area (TPSA) is 328 Å². The maximum atomic E-state index is 14.0. The van der Waals surface area contributed by atoms with E-state index in [1.807, 2.05) is 0 Å². The number of rotatable bonds is 7. The largest absolute Gasteiger partial charge is 0.481 e. The van der Waals surface area contributed by atoms with Gasteiger partial charge in [0.2, 0.25) is 5.91 Å². The second-order valence-electron chi connectivity index (χ2n) is 17.8. The molecule has 9 heterocycles. The lowest BCUT2D eigenvalue weighted by atomic mass is 9.82. The van der Waals surface area contributed by atoms with Crippen LogP contribution in [0.2, 0.25) is 0 Å². The molecule has 2 aliphatic heterocycles. The number of primary amides is 1. The van der Waals surface area contributed by atoms with Crippen LogP contribution in [-0.4, -0.2) is 111 Å². The number of nitrogens with zero attached hydrogens (tertiary/aromatic N) is 8. The highest BCUT2D eigenvalue weighted by Gasteiger charge is 2.44. The Balaban J connectivity index is 0.991. The molecule has 3 aliphatic rings. The summed E-state index contributed by atoms with van der Waals surface area (Å²) in [4.78, 5) is 127. The van der Waals surface area contributed by atoms with E-state index < -0.39 is 59.7 Å². The molecular weight excluding hydrogens is 1070 g/mol. The molecule has 0 radical (unpaired) electrons. The number of pyridine rings is 1. The smallest absolute Gasteiger partial charge is 0.325 e. The molecule has 10 bridgehead atoms. The molecule has 1 saturated carbocycles. The Kier molecular flexibility index (Phi) is 14.5. The number of urea groups is 1. The molecule has 382 valence electrons.